The Labute approximate surface area is 175 Å². The quantitative estimate of drug-likeness (QED) is 0.647. The third-order valence-corrected chi connectivity index (χ3v) is 8.88. The fraction of sp³-hybridized carbons (Fsp3) is 0.652. The van der Waals surface area contributed by atoms with Crippen molar-refractivity contribution in [3.63, 3.8) is 0 Å². The first-order valence-corrected chi connectivity index (χ1v) is 11.0. The van der Waals surface area contributed by atoms with Gasteiger partial charge in [-0.2, -0.15) is 0 Å². The molecule has 4 saturated heterocycles. The molecule has 5 aliphatic heterocycles. The number of nitrogens with zero attached hydrogens (tertiary/aromatic N) is 2. The SMILES string of the molecule is COc1ccc2c(c1)[C@@]13CCN(C)C[C@@]45O[C@@H]4CO[C@@H]4CC(=O)N2[C@H]1[C@H]4[C@H]5CC3=O. The molecule has 1 aliphatic carbocycles. The van der Waals surface area contributed by atoms with Crippen LogP contribution in [0.15, 0.2) is 18.2 Å². The second-order valence-corrected chi connectivity index (χ2v) is 10.00. The molecule has 7 nitrogen and oxygen atoms in total. The van der Waals surface area contributed by atoms with Gasteiger partial charge in [0.25, 0.3) is 0 Å². The zero-order chi connectivity index (χ0) is 20.4. The molecule has 1 saturated carbocycles. The molecule has 6 aliphatic rings. The first-order valence-electron chi connectivity index (χ1n) is 11.0. The Morgan fingerprint density at radius 1 is 1.23 bits per heavy atom. The number of epoxide rings is 1. The number of ketones is 1. The monoisotopic (exact) mass is 410 g/mol. The summed E-state index contributed by atoms with van der Waals surface area (Å²) in [6.07, 6.45) is 1.48. The highest BCUT2D eigenvalue weighted by Gasteiger charge is 2.75. The number of hydrogen-bond donors (Lipinski definition) is 0. The van der Waals surface area contributed by atoms with E-state index in [0.29, 0.717) is 25.9 Å². The summed E-state index contributed by atoms with van der Waals surface area (Å²) in [6, 6.07) is 5.67. The minimum Gasteiger partial charge on any atom is -0.497 e. The summed E-state index contributed by atoms with van der Waals surface area (Å²) in [5.41, 5.74) is 0.829. The summed E-state index contributed by atoms with van der Waals surface area (Å²) in [7, 11) is 3.77. The lowest BCUT2D eigenvalue weighted by atomic mass is 9.54. The van der Waals surface area contributed by atoms with E-state index in [-0.39, 0.29) is 47.4 Å². The summed E-state index contributed by atoms with van der Waals surface area (Å²) in [5, 5.41) is 0. The van der Waals surface area contributed by atoms with Crippen molar-refractivity contribution in [3.05, 3.63) is 23.8 Å². The van der Waals surface area contributed by atoms with Gasteiger partial charge in [0.05, 0.1) is 37.7 Å². The Bertz CT molecular complexity index is 996. The molecule has 7 atom stereocenters. The maximum atomic E-state index is 14.0. The summed E-state index contributed by atoms with van der Waals surface area (Å²) in [6.45, 7) is 2.14. The predicted molar refractivity (Wildman–Crippen MR) is 107 cm³/mol. The van der Waals surface area contributed by atoms with Crippen LogP contribution in [0.4, 0.5) is 5.69 Å². The van der Waals surface area contributed by atoms with Crippen molar-refractivity contribution in [3.8, 4) is 5.75 Å². The molecule has 30 heavy (non-hydrogen) atoms. The molecule has 5 fully saturated rings. The lowest BCUT2D eigenvalue weighted by molar-refractivity contribution is -0.144. The van der Waals surface area contributed by atoms with Gasteiger partial charge in [0, 0.05) is 30.5 Å². The van der Waals surface area contributed by atoms with Gasteiger partial charge in [-0.3, -0.25) is 9.59 Å². The molecular formula is C23H26N2O5. The number of amides is 1. The van der Waals surface area contributed by atoms with Gasteiger partial charge in [-0.15, -0.1) is 0 Å². The summed E-state index contributed by atoms with van der Waals surface area (Å²) in [4.78, 5) is 31.7. The minimum absolute atomic E-state index is 0.0291. The van der Waals surface area contributed by atoms with E-state index in [0.717, 1.165) is 30.1 Å². The first-order chi connectivity index (χ1) is 14.5. The van der Waals surface area contributed by atoms with E-state index >= 15 is 0 Å². The van der Waals surface area contributed by atoms with E-state index < -0.39 is 5.41 Å². The van der Waals surface area contributed by atoms with Crippen LogP contribution in [0.25, 0.3) is 0 Å². The Morgan fingerprint density at radius 3 is 2.93 bits per heavy atom. The van der Waals surface area contributed by atoms with Crippen LogP contribution < -0.4 is 9.64 Å². The zero-order valence-electron chi connectivity index (χ0n) is 17.3. The van der Waals surface area contributed by atoms with E-state index in [9.17, 15) is 9.59 Å². The molecule has 7 heteroatoms. The number of Topliss-reactive ketones (excluding diaryl/α,β-unsaturated/α-hetero) is 1. The molecule has 0 aromatic heterocycles. The van der Waals surface area contributed by atoms with Crippen LogP contribution in [0.2, 0.25) is 0 Å². The van der Waals surface area contributed by atoms with Crippen molar-refractivity contribution < 1.29 is 23.8 Å². The van der Waals surface area contributed by atoms with Gasteiger partial charge in [-0.1, -0.05) is 0 Å². The molecule has 1 aromatic rings. The van der Waals surface area contributed by atoms with Gasteiger partial charge in [-0.25, -0.2) is 0 Å². The Balaban J connectivity index is 1.52. The Kier molecular flexibility index (Phi) is 3.21. The molecule has 1 aromatic carbocycles. The Hall–Kier alpha value is -1.96. The first kappa shape index (κ1) is 17.7. The molecule has 1 spiro atoms. The third-order valence-electron chi connectivity index (χ3n) is 8.88. The van der Waals surface area contributed by atoms with Crippen molar-refractivity contribution in [2.45, 2.75) is 48.5 Å². The number of carbonyl (C=O) groups is 2. The van der Waals surface area contributed by atoms with Gasteiger partial charge < -0.3 is 24.0 Å². The van der Waals surface area contributed by atoms with Gasteiger partial charge in [0.15, 0.2) is 0 Å². The number of ether oxygens (including phenoxy) is 3. The number of piperidine rings is 1. The molecule has 1 amide bonds. The molecule has 0 radical (unpaired) electrons. The minimum atomic E-state index is -0.697. The topological polar surface area (TPSA) is 71.6 Å². The largest absolute Gasteiger partial charge is 0.497 e. The molecule has 4 bridgehead atoms. The van der Waals surface area contributed by atoms with E-state index in [1.807, 2.05) is 23.1 Å². The lowest BCUT2D eigenvalue weighted by Gasteiger charge is -2.53. The normalized spacial score (nSPS) is 45.8. The van der Waals surface area contributed by atoms with E-state index in [2.05, 4.69) is 11.9 Å². The predicted octanol–water partition coefficient (Wildman–Crippen LogP) is 1.13. The second-order valence-electron chi connectivity index (χ2n) is 10.00. The number of rotatable bonds is 1. The van der Waals surface area contributed by atoms with Crippen molar-refractivity contribution in [2.75, 3.05) is 38.8 Å². The van der Waals surface area contributed by atoms with Crippen molar-refractivity contribution in [1.29, 1.82) is 0 Å². The van der Waals surface area contributed by atoms with E-state index in [4.69, 9.17) is 14.2 Å². The number of fused-ring (bicyclic) bond motifs is 2. The van der Waals surface area contributed by atoms with Gasteiger partial charge >= 0.3 is 0 Å². The maximum absolute atomic E-state index is 14.0. The average molecular weight is 410 g/mol. The van der Waals surface area contributed by atoms with Crippen molar-refractivity contribution in [2.24, 2.45) is 11.8 Å². The lowest BCUT2D eigenvalue weighted by Crippen LogP contribution is -2.67. The number of anilines is 1. The zero-order valence-corrected chi connectivity index (χ0v) is 17.3. The highest BCUT2D eigenvalue weighted by molar-refractivity contribution is 6.06. The fourth-order valence-corrected chi connectivity index (χ4v) is 7.61. The molecule has 0 N–H and O–H groups in total. The third kappa shape index (κ3) is 1.85. The number of likely N-dealkylation sites (N-methyl/N-ethyl adjacent to an activating group) is 1. The van der Waals surface area contributed by atoms with Crippen LogP contribution in [-0.2, 0) is 24.5 Å². The van der Waals surface area contributed by atoms with E-state index in [1.54, 1.807) is 7.11 Å². The molecule has 7 rings (SSSR count). The van der Waals surface area contributed by atoms with Crippen LogP contribution in [-0.4, -0.2) is 74.3 Å². The number of hydrogen-bond acceptors (Lipinski definition) is 6. The van der Waals surface area contributed by atoms with Gasteiger partial charge in [-0.05, 0) is 43.8 Å². The standard InChI is InChI=1S/C23H26N2O5/c1-24-6-5-22-13-7-12(28-2)3-4-15(13)25-19(27)9-16-20(21(22)25)14(8-17(22)26)23(11-24)18(30-23)10-29-16/h3-4,7,14,16,18,20-21H,5-6,8-11H2,1-2H3/t14-,16-,18-,20+,21+,22-,23+/m1/s1. The van der Waals surface area contributed by atoms with Crippen LogP contribution in [0.1, 0.15) is 24.8 Å². The molecule has 0 unspecified atom stereocenters. The summed E-state index contributed by atoms with van der Waals surface area (Å²) in [5.74, 6) is 1.26. The average Bonchev–Trinajstić information content (AvgIpc) is 3.34. The van der Waals surface area contributed by atoms with Crippen LogP contribution >= 0.6 is 0 Å². The Morgan fingerprint density at radius 2 is 2.10 bits per heavy atom. The maximum Gasteiger partial charge on any atom is 0.229 e. The highest BCUT2D eigenvalue weighted by atomic mass is 16.6. The summed E-state index contributed by atoms with van der Waals surface area (Å²) >= 11 is 0. The molecule has 5 heterocycles. The van der Waals surface area contributed by atoms with Crippen molar-refractivity contribution >= 4 is 17.4 Å². The number of benzene rings is 1. The molecule has 158 valence electrons. The highest BCUT2D eigenvalue weighted by Crippen LogP contribution is 2.65. The second kappa shape index (κ2) is 5.44. The smallest absolute Gasteiger partial charge is 0.229 e. The number of carbonyl (C=O) groups excluding carboxylic acids is 2. The number of methoxy groups -OCH3 is 1. The van der Waals surface area contributed by atoms with Crippen molar-refractivity contribution in [1.82, 2.24) is 4.90 Å². The van der Waals surface area contributed by atoms with E-state index in [1.165, 1.54) is 0 Å². The summed E-state index contributed by atoms with van der Waals surface area (Å²) < 4.78 is 18.1. The van der Waals surface area contributed by atoms with Crippen LogP contribution in [0, 0.1) is 11.8 Å². The molecular weight excluding hydrogens is 384 g/mol. The fourth-order valence-electron chi connectivity index (χ4n) is 7.61. The van der Waals surface area contributed by atoms with Crippen LogP contribution in [0.5, 0.6) is 5.75 Å². The van der Waals surface area contributed by atoms with Gasteiger partial charge in [0.1, 0.15) is 23.2 Å². The van der Waals surface area contributed by atoms with Crippen LogP contribution in [0.3, 0.4) is 0 Å². The van der Waals surface area contributed by atoms with Gasteiger partial charge in [0.2, 0.25) is 5.91 Å².